The molecule has 0 saturated heterocycles. The summed E-state index contributed by atoms with van der Waals surface area (Å²) < 4.78 is 44.6. The zero-order chi connectivity index (χ0) is 17.9. The fourth-order valence-corrected chi connectivity index (χ4v) is 2.18. The minimum absolute atomic E-state index is 0.196. The molecular formula is C16H11F3N4O2. The standard InChI is InChI=1S/C16H11F3N4O2/c17-16(18,19)12-5-3-4-11(8-12)9-25-15(24)13-6-1-2-7-14(13)23-10-20-21-22-23/h1-8,10H,9H2. The first-order valence-electron chi connectivity index (χ1n) is 7.11. The molecule has 0 N–H and O–H groups in total. The summed E-state index contributed by atoms with van der Waals surface area (Å²) >= 11 is 0. The van der Waals surface area contributed by atoms with E-state index in [1.807, 2.05) is 0 Å². The number of rotatable bonds is 4. The van der Waals surface area contributed by atoms with Gasteiger partial charge < -0.3 is 4.74 Å². The largest absolute Gasteiger partial charge is 0.457 e. The van der Waals surface area contributed by atoms with Gasteiger partial charge in [0.2, 0.25) is 0 Å². The molecule has 9 heteroatoms. The molecule has 0 saturated carbocycles. The molecular weight excluding hydrogens is 337 g/mol. The van der Waals surface area contributed by atoms with Crippen molar-refractivity contribution < 1.29 is 22.7 Å². The van der Waals surface area contributed by atoms with Gasteiger partial charge in [0, 0.05) is 0 Å². The molecule has 0 bridgehead atoms. The van der Waals surface area contributed by atoms with Gasteiger partial charge in [0.05, 0.1) is 16.8 Å². The van der Waals surface area contributed by atoms with Crippen LogP contribution in [0.3, 0.4) is 0 Å². The SMILES string of the molecule is O=C(OCc1cccc(C(F)(F)F)c1)c1ccccc1-n1cnnn1. The van der Waals surface area contributed by atoms with Crippen molar-refractivity contribution in [1.82, 2.24) is 20.2 Å². The van der Waals surface area contributed by atoms with E-state index in [0.717, 1.165) is 12.1 Å². The molecule has 0 fully saturated rings. The Morgan fingerprint density at radius 3 is 2.64 bits per heavy atom. The van der Waals surface area contributed by atoms with Crippen molar-refractivity contribution in [3.8, 4) is 5.69 Å². The normalized spacial score (nSPS) is 11.3. The van der Waals surface area contributed by atoms with Gasteiger partial charge in [-0.05, 0) is 40.3 Å². The molecule has 0 atom stereocenters. The molecule has 3 rings (SSSR count). The molecule has 1 heterocycles. The number of carbonyl (C=O) groups excluding carboxylic acids is 1. The highest BCUT2D eigenvalue weighted by atomic mass is 19.4. The number of ether oxygens (including phenoxy) is 1. The van der Waals surface area contributed by atoms with Gasteiger partial charge in [0.1, 0.15) is 12.9 Å². The first kappa shape index (κ1) is 16.6. The molecule has 3 aromatic rings. The molecule has 0 radical (unpaired) electrons. The van der Waals surface area contributed by atoms with Gasteiger partial charge in [0.15, 0.2) is 0 Å². The van der Waals surface area contributed by atoms with E-state index in [1.54, 1.807) is 18.2 Å². The molecule has 0 aliphatic heterocycles. The van der Waals surface area contributed by atoms with Gasteiger partial charge in [-0.2, -0.15) is 17.9 Å². The Bertz CT molecular complexity index is 879. The number of benzene rings is 2. The van der Waals surface area contributed by atoms with E-state index in [-0.39, 0.29) is 17.7 Å². The summed E-state index contributed by atoms with van der Waals surface area (Å²) in [5.74, 6) is -0.691. The Kier molecular flexibility index (Phi) is 4.46. The third kappa shape index (κ3) is 3.82. The van der Waals surface area contributed by atoms with Crippen LogP contribution in [0.15, 0.2) is 54.9 Å². The molecule has 0 unspecified atom stereocenters. The van der Waals surface area contributed by atoms with Crippen molar-refractivity contribution in [2.24, 2.45) is 0 Å². The summed E-state index contributed by atoms with van der Waals surface area (Å²) in [5.41, 5.74) is 0.0431. The zero-order valence-corrected chi connectivity index (χ0v) is 12.6. The molecule has 0 amide bonds. The van der Waals surface area contributed by atoms with Crippen molar-refractivity contribution in [1.29, 1.82) is 0 Å². The van der Waals surface area contributed by atoms with Gasteiger partial charge in [-0.3, -0.25) is 0 Å². The maximum atomic E-state index is 12.7. The number of nitrogens with zero attached hydrogens (tertiary/aromatic N) is 4. The monoisotopic (exact) mass is 348 g/mol. The lowest BCUT2D eigenvalue weighted by molar-refractivity contribution is -0.137. The van der Waals surface area contributed by atoms with Crippen LogP contribution in [-0.4, -0.2) is 26.2 Å². The van der Waals surface area contributed by atoms with Gasteiger partial charge in [-0.25, -0.2) is 4.79 Å². The number of tetrazole rings is 1. The molecule has 128 valence electrons. The number of halogens is 3. The maximum Gasteiger partial charge on any atom is 0.416 e. The summed E-state index contributed by atoms with van der Waals surface area (Å²) in [6, 6.07) is 11.1. The smallest absolute Gasteiger partial charge is 0.416 e. The van der Waals surface area contributed by atoms with Gasteiger partial charge >= 0.3 is 12.1 Å². The molecule has 2 aromatic carbocycles. The molecule has 0 aliphatic carbocycles. The number of esters is 1. The number of carbonyl (C=O) groups is 1. The molecule has 0 spiro atoms. The topological polar surface area (TPSA) is 69.9 Å². The summed E-state index contributed by atoms with van der Waals surface area (Å²) in [6.07, 6.45) is -3.13. The number of hydrogen-bond acceptors (Lipinski definition) is 5. The summed E-state index contributed by atoms with van der Waals surface area (Å²) in [4.78, 5) is 12.3. The molecule has 6 nitrogen and oxygen atoms in total. The zero-order valence-electron chi connectivity index (χ0n) is 12.6. The van der Waals surface area contributed by atoms with E-state index in [4.69, 9.17) is 4.74 Å². The van der Waals surface area contributed by atoms with Gasteiger partial charge in [-0.15, -0.1) is 5.10 Å². The van der Waals surface area contributed by atoms with Crippen LogP contribution < -0.4 is 0 Å². The van der Waals surface area contributed by atoms with Crippen molar-refractivity contribution in [2.75, 3.05) is 0 Å². The fourth-order valence-electron chi connectivity index (χ4n) is 2.18. The maximum absolute atomic E-state index is 12.7. The predicted octanol–water partition coefficient (Wildman–Crippen LogP) is 3.04. The molecule has 25 heavy (non-hydrogen) atoms. The van der Waals surface area contributed by atoms with Crippen molar-refractivity contribution in [3.05, 3.63) is 71.5 Å². The number of alkyl halides is 3. The van der Waals surface area contributed by atoms with Crippen LogP contribution in [0.5, 0.6) is 0 Å². The van der Waals surface area contributed by atoms with E-state index < -0.39 is 17.7 Å². The second-order valence-electron chi connectivity index (χ2n) is 5.05. The second kappa shape index (κ2) is 6.71. The second-order valence-corrected chi connectivity index (χ2v) is 5.05. The first-order chi connectivity index (χ1) is 11.9. The first-order valence-corrected chi connectivity index (χ1v) is 7.11. The highest BCUT2D eigenvalue weighted by Gasteiger charge is 2.30. The fraction of sp³-hybridized carbons (Fsp3) is 0.125. The Morgan fingerprint density at radius 1 is 1.12 bits per heavy atom. The van der Waals surface area contributed by atoms with Crippen molar-refractivity contribution in [3.63, 3.8) is 0 Å². The Balaban J connectivity index is 1.76. The third-order valence-corrected chi connectivity index (χ3v) is 3.34. The Labute approximate surface area is 139 Å². The predicted molar refractivity (Wildman–Crippen MR) is 79.7 cm³/mol. The van der Waals surface area contributed by atoms with E-state index >= 15 is 0 Å². The number of aromatic nitrogens is 4. The van der Waals surface area contributed by atoms with Gasteiger partial charge in [0.25, 0.3) is 0 Å². The third-order valence-electron chi connectivity index (χ3n) is 3.34. The molecule has 0 aliphatic rings. The summed E-state index contributed by atoms with van der Waals surface area (Å²) in [7, 11) is 0. The lowest BCUT2D eigenvalue weighted by Gasteiger charge is -2.11. The lowest BCUT2D eigenvalue weighted by Crippen LogP contribution is -2.11. The van der Waals surface area contributed by atoms with E-state index in [2.05, 4.69) is 15.5 Å². The van der Waals surface area contributed by atoms with Crippen LogP contribution in [0.25, 0.3) is 5.69 Å². The quantitative estimate of drug-likeness (QED) is 0.678. The Morgan fingerprint density at radius 2 is 1.92 bits per heavy atom. The van der Waals surface area contributed by atoms with E-state index in [9.17, 15) is 18.0 Å². The van der Waals surface area contributed by atoms with E-state index in [1.165, 1.54) is 29.2 Å². The lowest BCUT2D eigenvalue weighted by atomic mass is 10.1. The van der Waals surface area contributed by atoms with Crippen LogP contribution in [0.4, 0.5) is 13.2 Å². The number of hydrogen-bond donors (Lipinski definition) is 0. The highest BCUT2D eigenvalue weighted by Crippen LogP contribution is 2.29. The van der Waals surface area contributed by atoms with E-state index in [0.29, 0.717) is 5.69 Å². The summed E-state index contributed by atoms with van der Waals surface area (Å²) in [5, 5.41) is 10.7. The van der Waals surface area contributed by atoms with Crippen molar-refractivity contribution >= 4 is 5.97 Å². The van der Waals surface area contributed by atoms with Crippen LogP contribution in [0.2, 0.25) is 0 Å². The minimum atomic E-state index is -4.45. The highest BCUT2D eigenvalue weighted by molar-refractivity contribution is 5.93. The van der Waals surface area contributed by atoms with Crippen LogP contribution in [0, 0.1) is 0 Å². The minimum Gasteiger partial charge on any atom is -0.457 e. The average molecular weight is 348 g/mol. The van der Waals surface area contributed by atoms with Crippen LogP contribution >= 0.6 is 0 Å². The van der Waals surface area contributed by atoms with Crippen LogP contribution in [-0.2, 0) is 17.5 Å². The molecule has 1 aromatic heterocycles. The Hall–Kier alpha value is -3.23. The summed E-state index contributed by atoms with van der Waals surface area (Å²) in [6.45, 7) is -0.285. The number of para-hydroxylation sites is 1. The van der Waals surface area contributed by atoms with Crippen molar-refractivity contribution in [2.45, 2.75) is 12.8 Å². The average Bonchev–Trinajstić information content (AvgIpc) is 3.14. The van der Waals surface area contributed by atoms with Gasteiger partial charge in [-0.1, -0.05) is 24.3 Å². The van der Waals surface area contributed by atoms with Crippen LogP contribution in [0.1, 0.15) is 21.5 Å².